The van der Waals surface area contributed by atoms with Gasteiger partial charge >= 0.3 is 5.97 Å². The molecular weight excluding hydrogens is 322 g/mol. The zero-order valence-electron chi connectivity index (χ0n) is 12.8. The Bertz CT molecular complexity index is 843. The van der Waals surface area contributed by atoms with Gasteiger partial charge < -0.3 is 5.11 Å². The third-order valence-corrected chi connectivity index (χ3v) is 3.51. The van der Waals surface area contributed by atoms with Crippen molar-refractivity contribution in [3.8, 4) is 11.3 Å². The number of rotatable bonds is 4. The van der Waals surface area contributed by atoms with E-state index in [1.165, 1.54) is 0 Å². The summed E-state index contributed by atoms with van der Waals surface area (Å²) in [7, 11) is 0. The molecule has 1 aromatic heterocycles. The topological polar surface area (TPSA) is 50.2 Å². The predicted octanol–water partition coefficient (Wildman–Crippen LogP) is 5.04. The normalized spacial score (nSPS) is 10.3. The zero-order chi connectivity index (χ0) is 16.1. The van der Waals surface area contributed by atoms with Crippen LogP contribution >= 0.6 is 12.4 Å². The minimum absolute atomic E-state index is 0. The molecule has 4 heteroatoms. The molecule has 0 fully saturated rings. The highest BCUT2D eigenvalue weighted by atomic mass is 35.5. The quantitative estimate of drug-likeness (QED) is 0.678. The van der Waals surface area contributed by atoms with Gasteiger partial charge in [-0.05, 0) is 35.4 Å². The maximum atomic E-state index is 10.9. The van der Waals surface area contributed by atoms with Gasteiger partial charge in [0.2, 0.25) is 0 Å². The fraction of sp³-hybridized carbons (Fsp3) is 0. The fourth-order valence-corrected chi connectivity index (χ4v) is 2.32. The number of carboxylic acids is 1. The lowest BCUT2D eigenvalue weighted by Gasteiger charge is -2.05. The molecule has 3 rings (SSSR count). The second kappa shape index (κ2) is 8.09. The third-order valence-electron chi connectivity index (χ3n) is 3.51. The monoisotopic (exact) mass is 337 g/mol. The van der Waals surface area contributed by atoms with E-state index in [2.05, 4.69) is 4.98 Å². The van der Waals surface area contributed by atoms with Gasteiger partial charge in [-0.15, -0.1) is 12.4 Å². The number of aromatic nitrogens is 1. The molecule has 0 aliphatic carbocycles. The van der Waals surface area contributed by atoms with E-state index >= 15 is 0 Å². The van der Waals surface area contributed by atoms with Crippen LogP contribution < -0.4 is 0 Å². The summed E-state index contributed by atoms with van der Waals surface area (Å²) < 4.78 is 0. The SMILES string of the molecule is Cl.O=C(O)c1ccc(C=Cc2ccccc2-c2ccccn2)cc1. The highest BCUT2D eigenvalue weighted by molar-refractivity contribution is 5.88. The molecule has 120 valence electrons. The maximum absolute atomic E-state index is 10.9. The van der Waals surface area contributed by atoms with Crippen LogP contribution in [0.5, 0.6) is 0 Å². The van der Waals surface area contributed by atoms with Crippen molar-refractivity contribution in [1.29, 1.82) is 0 Å². The van der Waals surface area contributed by atoms with Gasteiger partial charge in [0.1, 0.15) is 0 Å². The molecule has 0 saturated carbocycles. The lowest BCUT2D eigenvalue weighted by molar-refractivity contribution is 0.0697. The van der Waals surface area contributed by atoms with E-state index in [-0.39, 0.29) is 18.0 Å². The van der Waals surface area contributed by atoms with Crippen LogP contribution in [0.4, 0.5) is 0 Å². The Morgan fingerprint density at radius 1 is 0.875 bits per heavy atom. The van der Waals surface area contributed by atoms with Crippen molar-refractivity contribution >= 4 is 30.5 Å². The number of benzene rings is 2. The van der Waals surface area contributed by atoms with Gasteiger partial charge in [-0.2, -0.15) is 0 Å². The van der Waals surface area contributed by atoms with Gasteiger partial charge in [0.15, 0.2) is 0 Å². The molecule has 0 atom stereocenters. The molecule has 1 heterocycles. The van der Waals surface area contributed by atoms with E-state index in [1.54, 1.807) is 30.5 Å². The first-order chi connectivity index (χ1) is 11.2. The molecule has 2 aromatic carbocycles. The van der Waals surface area contributed by atoms with Crippen molar-refractivity contribution < 1.29 is 9.90 Å². The number of pyridine rings is 1. The molecule has 1 N–H and O–H groups in total. The van der Waals surface area contributed by atoms with Gasteiger partial charge in [0.05, 0.1) is 11.3 Å². The number of nitrogens with zero attached hydrogens (tertiary/aromatic N) is 1. The van der Waals surface area contributed by atoms with Crippen LogP contribution in [-0.2, 0) is 0 Å². The van der Waals surface area contributed by atoms with Crippen molar-refractivity contribution in [2.45, 2.75) is 0 Å². The second-order valence-electron chi connectivity index (χ2n) is 5.06. The van der Waals surface area contributed by atoms with Gasteiger partial charge in [-0.25, -0.2) is 4.79 Å². The first-order valence-electron chi connectivity index (χ1n) is 7.26. The molecule has 3 aromatic rings. The van der Waals surface area contributed by atoms with Crippen molar-refractivity contribution in [2.24, 2.45) is 0 Å². The number of carboxylic acid groups (broad SMARTS) is 1. The summed E-state index contributed by atoms with van der Waals surface area (Å²) in [5.41, 5.74) is 4.29. The molecule has 0 aliphatic heterocycles. The van der Waals surface area contributed by atoms with Gasteiger partial charge in [-0.1, -0.05) is 54.6 Å². The van der Waals surface area contributed by atoms with Crippen LogP contribution in [-0.4, -0.2) is 16.1 Å². The Morgan fingerprint density at radius 2 is 1.58 bits per heavy atom. The van der Waals surface area contributed by atoms with Crippen molar-refractivity contribution in [2.75, 3.05) is 0 Å². The van der Waals surface area contributed by atoms with Crippen LogP contribution in [0, 0.1) is 0 Å². The number of hydrogen-bond donors (Lipinski definition) is 1. The molecule has 24 heavy (non-hydrogen) atoms. The van der Waals surface area contributed by atoms with E-state index < -0.39 is 5.97 Å². The summed E-state index contributed by atoms with van der Waals surface area (Å²) >= 11 is 0. The highest BCUT2D eigenvalue weighted by Gasteiger charge is 2.03. The number of aromatic carboxylic acids is 1. The van der Waals surface area contributed by atoms with Crippen molar-refractivity contribution in [3.05, 3.63) is 89.6 Å². The smallest absolute Gasteiger partial charge is 0.335 e. The highest BCUT2D eigenvalue weighted by Crippen LogP contribution is 2.23. The minimum atomic E-state index is -0.916. The third kappa shape index (κ3) is 4.09. The number of halogens is 1. The standard InChI is InChI=1S/C20H15NO2.ClH/c22-20(23)17-12-9-15(10-13-17)8-11-16-5-1-2-6-18(16)19-7-3-4-14-21-19;/h1-14H,(H,22,23);1H. The Kier molecular flexibility index (Phi) is 5.88. The predicted molar refractivity (Wildman–Crippen MR) is 99.3 cm³/mol. The van der Waals surface area contributed by atoms with Crippen LogP contribution in [0.25, 0.3) is 23.4 Å². The Morgan fingerprint density at radius 3 is 2.25 bits per heavy atom. The Balaban J connectivity index is 0.00000208. The molecule has 0 saturated heterocycles. The average Bonchev–Trinajstić information content (AvgIpc) is 2.61. The molecular formula is C20H16ClNO2. The van der Waals surface area contributed by atoms with Crippen molar-refractivity contribution in [3.63, 3.8) is 0 Å². The number of hydrogen-bond acceptors (Lipinski definition) is 2. The van der Waals surface area contributed by atoms with E-state index in [4.69, 9.17) is 5.11 Å². The van der Waals surface area contributed by atoms with Crippen LogP contribution in [0.15, 0.2) is 72.9 Å². The van der Waals surface area contributed by atoms with E-state index in [0.29, 0.717) is 0 Å². The van der Waals surface area contributed by atoms with Gasteiger partial charge in [-0.3, -0.25) is 4.98 Å². The maximum Gasteiger partial charge on any atom is 0.335 e. The summed E-state index contributed by atoms with van der Waals surface area (Å²) in [6.07, 6.45) is 5.76. The first-order valence-corrected chi connectivity index (χ1v) is 7.26. The van der Waals surface area contributed by atoms with Crippen LogP contribution in [0.1, 0.15) is 21.5 Å². The minimum Gasteiger partial charge on any atom is -0.478 e. The summed E-state index contributed by atoms with van der Waals surface area (Å²) in [4.78, 5) is 15.3. The molecule has 0 radical (unpaired) electrons. The molecule has 3 nitrogen and oxygen atoms in total. The first kappa shape index (κ1) is 17.4. The average molecular weight is 338 g/mol. The van der Waals surface area contributed by atoms with Gasteiger partial charge in [0.25, 0.3) is 0 Å². The molecule has 0 amide bonds. The molecule has 0 spiro atoms. The molecule has 0 aliphatic rings. The Hall–Kier alpha value is -2.91. The second-order valence-corrected chi connectivity index (χ2v) is 5.06. The van der Waals surface area contributed by atoms with Crippen molar-refractivity contribution in [1.82, 2.24) is 4.98 Å². The summed E-state index contributed by atoms with van der Waals surface area (Å²) in [5, 5.41) is 8.92. The van der Waals surface area contributed by atoms with Crippen LogP contribution in [0.3, 0.4) is 0 Å². The Labute approximate surface area is 146 Å². The van der Waals surface area contributed by atoms with E-state index in [1.807, 2.05) is 54.6 Å². The van der Waals surface area contributed by atoms with E-state index in [0.717, 1.165) is 22.4 Å². The van der Waals surface area contributed by atoms with Crippen LogP contribution in [0.2, 0.25) is 0 Å². The summed E-state index contributed by atoms with van der Waals surface area (Å²) in [6.45, 7) is 0. The largest absolute Gasteiger partial charge is 0.478 e. The fourth-order valence-electron chi connectivity index (χ4n) is 2.32. The van der Waals surface area contributed by atoms with E-state index in [9.17, 15) is 4.79 Å². The zero-order valence-corrected chi connectivity index (χ0v) is 13.6. The molecule has 0 bridgehead atoms. The lowest BCUT2D eigenvalue weighted by atomic mass is 10.0. The lowest BCUT2D eigenvalue weighted by Crippen LogP contribution is -1.94. The van der Waals surface area contributed by atoms with Gasteiger partial charge in [0, 0.05) is 11.8 Å². The molecule has 0 unspecified atom stereocenters. The summed E-state index contributed by atoms with van der Waals surface area (Å²) in [6, 6.07) is 20.7. The number of carbonyl (C=O) groups is 1. The summed E-state index contributed by atoms with van der Waals surface area (Å²) in [5.74, 6) is -0.916.